The van der Waals surface area contributed by atoms with Gasteiger partial charge >= 0.3 is 0 Å². The van der Waals surface area contributed by atoms with E-state index in [1.807, 2.05) is 0 Å². The van der Waals surface area contributed by atoms with Crippen LogP contribution in [-0.2, 0) is 6.42 Å². The minimum absolute atomic E-state index is 0.108. The van der Waals surface area contributed by atoms with Crippen molar-refractivity contribution in [1.29, 1.82) is 0 Å². The van der Waals surface area contributed by atoms with Crippen LogP contribution in [0, 0.1) is 5.82 Å². The number of rotatable bonds is 3. The van der Waals surface area contributed by atoms with E-state index >= 15 is 0 Å². The molecule has 4 heteroatoms. The summed E-state index contributed by atoms with van der Waals surface area (Å²) in [4.78, 5) is 15.8. The molecule has 2 aromatic rings. The summed E-state index contributed by atoms with van der Waals surface area (Å²) in [6.45, 7) is 0. The number of aromatic nitrogens is 1. The van der Waals surface area contributed by atoms with Crippen molar-refractivity contribution in [2.24, 2.45) is 0 Å². The molecule has 1 heterocycles. The number of hydrogen-bond donors (Lipinski definition) is 0. The number of hydrogen-bond acceptors (Lipinski definition) is 2. The number of ketones is 1. The maximum atomic E-state index is 13.7. The van der Waals surface area contributed by atoms with Crippen molar-refractivity contribution >= 4 is 21.7 Å². The van der Waals surface area contributed by atoms with Gasteiger partial charge in [0.15, 0.2) is 5.78 Å². The summed E-state index contributed by atoms with van der Waals surface area (Å²) in [7, 11) is 0. The number of halogens is 2. The second-order valence-electron chi connectivity index (χ2n) is 3.56. The van der Waals surface area contributed by atoms with Crippen LogP contribution < -0.4 is 0 Å². The van der Waals surface area contributed by atoms with Gasteiger partial charge in [0.1, 0.15) is 5.82 Å². The largest absolute Gasteiger partial charge is 0.294 e. The van der Waals surface area contributed by atoms with E-state index in [1.165, 1.54) is 6.07 Å². The first-order valence-electron chi connectivity index (χ1n) is 5.04. The zero-order valence-corrected chi connectivity index (χ0v) is 10.4. The van der Waals surface area contributed by atoms with E-state index in [2.05, 4.69) is 20.9 Å². The second kappa shape index (κ2) is 5.19. The number of pyridine rings is 1. The fourth-order valence-corrected chi connectivity index (χ4v) is 1.87. The Morgan fingerprint density at radius 1 is 1.24 bits per heavy atom. The number of nitrogens with zero attached hydrogens (tertiary/aromatic N) is 1. The molecule has 0 aliphatic carbocycles. The highest BCUT2D eigenvalue weighted by Gasteiger charge is 2.13. The topological polar surface area (TPSA) is 30.0 Å². The van der Waals surface area contributed by atoms with Crippen LogP contribution in [0.5, 0.6) is 0 Å². The number of Topliss-reactive ketones (excluding diaryl/α,β-unsaturated/α-hetero) is 1. The van der Waals surface area contributed by atoms with Crippen molar-refractivity contribution in [3.8, 4) is 0 Å². The van der Waals surface area contributed by atoms with E-state index in [1.54, 1.807) is 36.7 Å². The van der Waals surface area contributed by atoms with Gasteiger partial charge in [-0.1, -0.05) is 6.07 Å². The normalized spacial score (nSPS) is 10.2. The lowest BCUT2D eigenvalue weighted by atomic mass is 10.0. The Labute approximate surface area is 107 Å². The molecular weight excluding hydrogens is 285 g/mol. The first-order chi connectivity index (χ1) is 8.18. The highest BCUT2D eigenvalue weighted by atomic mass is 79.9. The molecule has 2 nitrogen and oxygen atoms in total. The van der Waals surface area contributed by atoms with Gasteiger partial charge in [-0.25, -0.2) is 4.39 Å². The van der Waals surface area contributed by atoms with Crippen LogP contribution >= 0.6 is 15.9 Å². The molecule has 0 unspecified atom stereocenters. The standard InChI is InChI=1S/C13H9BrFNO/c14-11-3-1-2-10(13(11)15)12(17)8-9-4-6-16-7-5-9/h1-7H,8H2. The molecule has 17 heavy (non-hydrogen) atoms. The summed E-state index contributed by atoms with van der Waals surface area (Å²) < 4.78 is 14.0. The van der Waals surface area contributed by atoms with Crippen molar-refractivity contribution < 1.29 is 9.18 Å². The van der Waals surface area contributed by atoms with E-state index in [0.29, 0.717) is 4.47 Å². The van der Waals surface area contributed by atoms with E-state index in [-0.39, 0.29) is 17.8 Å². The van der Waals surface area contributed by atoms with E-state index in [9.17, 15) is 9.18 Å². The molecule has 0 atom stereocenters. The SMILES string of the molecule is O=C(Cc1ccncc1)c1cccc(Br)c1F. The van der Waals surface area contributed by atoms with E-state index < -0.39 is 5.82 Å². The van der Waals surface area contributed by atoms with Crippen LogP contribution in [0.2, 0.25) is 0 Å². The number of carbonyl (C=O) groups is 1. The van der Waals surface area contributed by atoms with Crippen molar-refractivity contribution in [3.05, 3.63) is 64.1 Å². The highest BCUT2D eigenvalue weighted by molar-refractivity contribution is 9.10. The zero-order chi connectivity index (χ0) is 12.3. The Morgan fingerprint density at radius 2 is 1.94 bits per heavy atom. The van der Waals surface area contributed by atoms with Crippen LogP contribution in [0.3, 0.4) is 0 Å². The monoisotopic (exact) mass is 293 g/mol. The molecule has 0 N–H and O–H groups in total. The van der Waals surface area contributed by atoms with Gasteiger partial charge in [-0.05, 0) is 45.8 Å². The average molecular weight is 294 g/mol. The van der Waals surface area contributed by atoms with Crippen LogP contribution in [0.1, 0.15) is 15.9 Å². The highest BCUT2D eigenvalue weighted by Crippen LogP contribution is 2.19. The third kappa shape index (κ3) is 2.77. The average Bonchev–Trinajstić information content (AvgIpc) is 2.34. The molecule has 0 saturated carbocycles. The molecule has 0 aliphatic rings. The van der Waals surface area contributed by atoms with Gasteiger partial charge in [0.05, 0.1) is 10.0 Å². The van der Waals surface area contributed by atoms with Gasteiger partial charge in [-0.3, -0.25) is 9.78 Å². The Kier molecular flexibility index (Phi) is 3.64. The van der Waals surface area contributed by atoms with Crippen molar-refractivity contribution in [1.82, 2.24) is 4.98 Å². The second-order valence-corrected chi connectivity index (χ2v) is 4.41. The molecule has 1 aromatic heterocycles. The molecular formula is C13H9BrFNO. The van der Waals surface area contributed by atoms with Gasteiger partial charge in [0, 0.05) is 18.8 Å². The van der Waals surface area contributed by atoms with Crippen LogP contribution in [0.25, 0.3) is 0 Å². The fraction of sp³-hybridized carbons (Fsp3) is 0.0769. The summed E-state index contributed by atoms with van der Waals surface area (Å²) in [5, 5.41) is 0. The molecule has 0 spiro atoms. The molecule has 0 aliphatic heterocycles. The molecule has 1 aromatic carbocycles. The summed E-state index contributed by atoms with van der Waals surface area (Å²) in [5.41, 5.74) is 0.931. The lowest BCUT2D eigenvalue weighted by Crippen LogP contribution is -2.06. The van der Waals surface area contributed by atoms with Gasteiger partial charge in [0.2, 0.25) is 0 Å². The number of benzene rings is 1. The van der Waals surface area contributed by atoms with Gasteiger partial charge in [-0.15, -0.1) is 0 Å². The Bertz CT molecular complexity index is 542. The smallest absolute Gasteiger partial charge is 0.170 e. The predicted molar refractivity (Wildman–Crippen MR) is 66.4 cm³/mol. The predicted octanol–water partition coefficient (Wildman–Crippen LogP) is 3.41. The Hall–Kier alpha value is -1.55. The summed E-state index contributed by atoms with van der Waals surface area (Å²) in [6.07, 6.45) is 3.40. The van der Waals surface area contributed by atoms with E-state index in [4.69, 9.17) is 0 Å². The lowest BCUT2D eigenvalue weighted by Gasteiger charge is -2.03. The summed E-state index contributed by atoms with van der Waals surface area (Å²) >= 11 is 3.06. The minimum atomic E-state index is -0.508. The number of carbonyl (C=O) groups excluding carboxylic acids is 1. The molecule has 0 saturated heterocycles. The van der Waals surface area contributed by atoms with Gasteiger partial charge in [-0.2, -0.15) is 0 Å². The first-order valence-corrected chi connectivity index (χ1v) is 5.84. The van der Waals surface area contributed by atoms with Gasteiger partial charge in [0.25, 0.3) is 0 Å². The van der Waals surface area contributed by atoms with Gasteiger partial charge < -0.3 is 0 Å². The molecule has 0 amide bonds. The first kappa shape index (κ1) is 11.9. The maximum absolute atomic E-state index is 13.7. The third-order valence-electron chi connectivity index (χ3n) is 2.37. The molecule has 0 radical (unpaired) electrons. The molecule has 0 bridgehead atoms. The fourth-order valence-electron chi connectivity index (χ4n) is 1.50. The molecule has 86 valence electrons. The van der Waals surface area contributed by atoms with Crippen molar-refractivity contribution in [2.45, 2.75) is 6.42 Å². The van der Waals surface area contributed by atoms with Crippen molar-refractivity contribution in [2.75, 3.05) is 0 Å². The summed E-state index contributed by atoms with van der Waals surface area (Å²) in [5.74, 6) is -0.749. The van der Waals surface area contributed by atoms with Crippen LogP contribution in [0.4, 0.5) is 4.39 Å². The molecule has 0 fully saturated rings. The zero-order valence-electron chi connectivity index (χ0n) is 8.86. The Morgan fingerprint density at radius 3 is 2.65 bits per heavy atom. The van der Waals surface area contributed by atoms with Crippen LogP contribution in [0.15, 0.2) is 47.2 Å². The molecule has 2 rings (SSSR count). The van der Waals surface area contributed by atoms with Crippen molar-refractivity contribution in [3.63, 3.8) is 0 Å². The summed E-state index contributed by atoms with van der Waals surface area (Å²) in [6, 6.07) is 8.19. The van der Waals surface area contributed by atoms with Crippen LogP contribution in [-0.4, -0.2) is 10.8 Å². The third-order valence-corrected chi connectivity index (χ3v) is 2.98. The maximum Gasteiger partial charge on any atom is 0.170 e. The van der Waals surface area contributed by atoms with E-state index in [0.717, 1.165) is 5.56 Å². The Balaban J connectivity index is 2.24. The minimum Gasteiger partial charge on any atom is -0.294 e. The quantitative estimate of drug-likeness (QED) is 0.812. The lowest BCUT2D eigenvalue weighted by molar-refractivity contribution is 0.0989.